The molecule has 1 aliphatic heterocycles. The predicted octanol–water partition coefficient (Wildman–Crippen LogP) is 3.00. The van der Waals surface area contributed by atoms with Crippen LogP contribution in [0.15, 0.2) is 9.90 Å². The van der Waals surface area contributed by atoms with Gasteiger partial charge in [-0.3, -0.25) is 0 Å². The zero-order valence-corrected chi connectivity index (χ0v) is 13.6. The average Bonchev–Trinajstić information content (AvgIpc) is 3.08. The maximum absolute atomic E-state index is 5.63. The number of rotatable bonds is 4. The van der Waals surface area contributed by atoms with Gasteiger partial charge in [0.1, 0.15) is 0 Å². The molecule has 3 rings (SSSR count). The molecule has 2 atom stereocenters. The van der Waals surface area contributed by atoms with Gasteiger partial charge in [-0.1, -0.05) is 12.1 Å². The fourth-order valence-corrected chi connectivity index (χ4v) is 5.70. The fraction of sp³-hybridized carbons (Fsp3) is 0.583. The van der Waals surface area contributed by atoms with E-state index < -0.39 is 0 Å². The van der Waals surface area contributed by atoms with Gasteiger partial charge in [-0.05, 0) is 6.42 Å². The fourth-order valence-electron chi connectivity index (χ4n) is 2.16. The van der Waals surface area contributed by atoms with Crippen molar-refractivity contribution in [3.05, 3.63) is 22.8 Å². The van der Waals surface area contributed by atoms with Gasteiger partial charge >= 0.3 is 0 Å². The molecule has 2 N–H and O–H groups in total. The summed E-state index contributed by atoms with van der Waals surface area (Å²) < 4.78 is 5.36. The second kappa shape index (κ2) is 6.36. The summed E-state index contributed by atoms with van der Waals surface area (Å²) in [6.07, 6.45) is 1.69. The molecule has 8 heteroatoms. The Kier molecular flexibility index (Phi) is 4.52. The first-order chi connectivity index (χ1) is 9.76. The Hall–Kier alpha value is -0.730. The number of nitrogens with two attached hydrogens (primary N) is 1. The molecule has 2 aromatic rings. The first-order valence-corrected chi connectivity index (χ1v) is 9.49. The van der Waals surface area contributed by atoms with Gasteiger partial charge in [0.2, 0.25) is 5.89 Å². The highest BCUT2D eigenvalue weighted by Gasteiger charge is 2.30. The number of thiazole rings is 1. The van der Waals surface area contributed by atoms with Crippen LogP contribution in [0.3, 0.4) is 0 Å². The van der Waals surface area contributed by atoms with Crippen LogP contribution in [0.2, 0.25) is 0 Å². The van der Waals surface area contributed by atoms with Crippen molar-refractivity contribution in [2.45, 2.75) is 30.3 Å². The number of hydrogen-bond donors (Lipinski definition) is 1. The highest BCUT2D eigenvalue weighted by atomic mass is 32.2. The lowest BCUT2D eigenvalue weighted by molar-refractivity contribution is 0.378. The summed E-state index contributed by atoms with van der Waals surface area (Å²) in [6.45, 7) is 2.22. The van der Waals surface area contributed by atoms with Gasteiger partial charge in [-0.25, -0.2) is 4.98 Å². The molecule has 0 radical (unpaired) electrons. The van der Waals surface area contributed by atoms with Crippen molar-refractivity contribution in [2.24, 2.45) is 0 Å². The number of aromatic nitrogens is 3. The van der Waals surface area contributed by atoms with E-state index in [0.29, 0.717) is 27.9 Å². The van der Waals surface area contributed by atoms with Crippen LogP contribution in [0, 0.1) is 0 Å². The van der Waals surface area contributed by atoms with Crippen molar-refractivity contribution in [1.82, 2.24) is 15.1 Å². The van der Waals surface area contributed by atoms with Gasteiger partial charge in [0, 0.05) is 22.1 Å². The minimum absolute atomic E-state index is 0.344. The van der Waals surface area contributed by atoms with E-state index in [1.165, 1.54) is 17.1 Å². The van der Waals surface area contributed by atoms with Crippen LogP contribution < -0.4 is 5.73 Å². The molecule has 0 spiro atoms. The second-order valence-corrected chi connectivity index (χ2v) is 8.00. The number of nitrogen functional groups attached to an aromatic ring is 1. The third-order valence-corrected chi connectivity index (χ3v) is 7.06. The lowest BCUT2D eigenvalue weighted by atomic mass is 10.2. The maximum atomic E-state index is 5.63. The molecule has 1 fully saturated rings. The predicted molar refractivity (Wildman–Crippen MR) is 85.4 cm³/mol. The lowest BCUT2D eigenvalue weighted by Crippen LogP contribution is -2.19. The van der Waals surface area contributed by atoms with E-state index in [1.54, 1.807) is 0 Å². The highest BCUT2D eigenvalue weighted by molar-refractivity contribution is 8.06. The summed E-state index contributed by atoms with van der Waals surface area (Å²) in [4.78, 5) is 8.77. The van der Waals surface area contributed by atoms with Crippen molar-refractivity contribution in [3.8, 4) is 0 Å². The molecule has 1 saturated heterocycles. The summed E-state index contributed by atoms with van der Waals surface area (Å²) in [7, 11) is 0. The van der Waals surface area contributed by atoms with Crippen LogP contribution in [-0.2, 0) is 6.42 Å². The normalized spacial score (nSPS) is 23.1. The molecule has 0 aromatic carbocycles. The highest BCUT2D eigenvalue weighted by Crippen LogP contribution is 2.42. The van der Waals surface area contributed by atoms with E-state index in [-0.39, 0.29) is 0 Å². The summed E-state index contributed by atoms with van der Waals surface area (Å²) in [6, 6.07) is 0. The van der Waals surface area contributed by atoms with Crippen molar-refractivity contribution in [3.63, 3.8) is 0 Å². The van der Waals surface area contributed by atoms with Crippen molar-refractivity contribution >= 4 is 40.0 Å². The molecular weight excluding hydrogens is 312 g/mol. The number of hydrogen-bond acceptors (Lipinski definition) is 8. The van der Waals surface area contributed by atoms with Crippen LogP contribution in [0.4, 0.5) is 5.13 Å². The molecule has 3 heterocycles. The number of anilines is 1. The van der Waals surface area contributed by atoms with E-state index in [2.05, 4.69) is 22.0 Å². The van der Waals surface area contributed by atoms with Crippen molar-refractivity contribution in [1.29, 1.82) is 0 Å². The average molecular weight is 328 g/mol. The first-order valence-electron chi connectivity index (χ1n) is 6.52. The van der Waals surface area contributed by atoms with E-state index in [1.807, 2.05) is 28.9 Å². The van der Waals surface area contributed by atoms with Crippen LogP contribution in [0.25, 0.3) is 0 Å². The minimum Gasteiger partial charge on any atom is -0.375 e. The van der Waals surface area contributed by atoms with Crippen LogP contribution in [0.5, 0.6) is 0 Å². The molecule has 2 unspecified atom stereocenters. The summed E-state index contributed by atoms with van der Waals surface area (Å²) >= 11 is 5.38. The Labute approximate surface area is 130 Å². The van der Waals surface area contributed by atoms with Gasteiger partial charge < -0.3 is 10.3 Å². The molecule has 0 bridgehead atoms. The Morgan fingerprint density at radius 1 is 1.35 bits per heavy atom. The second-order valence-electron chi connectivity index (χ2n) is 4.51. The van der Waals surface area contributed by atoms with Crippen molar-refractivity contribution < 1.29 is 4.52 Å². The molecule has 2 aromatic heterocycles. The molecule has 0 saturated carbocycles. The Balaban J connectivity index is 1.72. The largest absolute Gasteiger partial charge is 0.375 e. The minimum atomic E-state index is 0.344. The van der Waals surface area contributed by atoms with E-state index in [9.17, 15) is 0 Å². The van der Waals surface area contributed by atoms with E-state index in [0.717, 1.165) is 23.7 Å². The molecule has 20 heavy (non-hydrogen) atoms. The number of thioether (sulfide) groups is 2. The van der Waals surface area contributed by atoms with Crippen LogP contribution in [0.1, 0.15) is 36.0 Å². The van der Waals surface area contributed by atoms with Gasteiger partial charge in [0.25, 0.3) is 0 Å². The molecule has 108 valence electrons. The van der Waals surface area contributed by atoms with Gasteiger partial charge in [-0.15, -0.1) is 23.1 Å². The third-order valence-electron chi connectivity index (χ3n) is 3.09. The Morgan fingerprint density at radius 3 is 2.95 bits per heavy atom. The first kappa shape index (κ1) is 14.2. The van der Waals surface area contributed by atoms with Gasteiger partial charge in [-0.2, -0.15) is 16.7 Å². The topological polar surface area (TPSA) is 77.8 Å². The van der Waals surface area contributed by atoms with Crippen LogP contribution in [-0.4, -0.2) is 31.9 Å². The summed E-state index contributed by atoms with van der Waals surface area (Å²) in [5.74, 6) is 3.81. The smallest absolute Gasteiger partial charge is 0.232 e. The molecule has 0 aliphatic carbocycles. The zero-order chi connectivity index (χ0) is 13.9. The molecule has 0 amide bonds. The molecule has 5 nitrogen and oxygen atoms in total. The lowest BCUT2D eigenvalue weighted by Gasteiger charge is -2.27. The Morgan fingerprint density at radius 2 is 2.20 bits per heavy atom. The Bertz CT molecular complexity index is 571. The molecular formula is C12H16N4OS3. The summed E-state index contributed by atoms with van der Waals surface area (Å²) in [5.41, 5.74) is 6.51. The maximum Gasteiger partial charge on any atom is 0.232 e. The van der Waals surface area contributed by atoms with Crippen molar-refractivity contribution in [2.75, 3.05) is 17.2 Å². The number of nitrogens with zero attached hydrogens (tertiary/aromatic N) is 3. The molecule has 1 aliphatic rings. The summed E-state index contributed by atoms with van der Waals surface area (Å²) in [5, 5.41) is 7.59. The third kappa shape index (κ3) is 3.12. The van der Waals surface area contributed by atoms with E-state index >= 15 is 0 Å². The SMILES string of the molecule is CCC1SCCSC1c1noc(Cc2csc(N)n2)n1. The quantitative estimate of drug-likeness (QED) is 0.924. The standard InChI is InChI=1S/C12H16N4OS3/c1-2-8-10(19-4-3-18-8)11-15-9(17-16-11)5-7-6-20-12(13)14-7/h6,8,10H,2-5H2,1H3,(H2,13,14). The van der Waals surface area contributed by atoms with Crippen LogP contribution >= 0.6 is 34.9 Å². The van der Waals surface area contributed by atoms with Gasteiger partial charge in [0.15, 0.2) is 11.0 Å². The monoisotopic (exact) mass is 328 g/mol. The van der Waals surface area contributed by atoms with Gasteiger partial charge in [0.05, 0.1) is 17.4 Å². The zero-order valence-electron chi connectivity index (χ0n) is 11.1. The van der Waals surface area contributed by atoms with E-state index in [4.69, 9.17) is 10.3 Å².